The summed E-state index contributed by atoms with van der Waals surface area (Å²) in [6.45, 7) is 8.98. The van der Waals surface area contributed by atoms with Gasteiger partial charge in [0.2, 0.25) is 0 Å². The Morgan fingerprint density at radius 1 is 1.25 bits per heavy atom. The van der Waals surface area contributed by atoms with Gasteiger partial charge in [-0.1, -0.05) is 19.9 Å². The lowest BCUT2D eigenvalue weighted by molar-refractivity contribution is 0.0375. The average molecular weight is 269 g/mol. The molecule has 0 amide bonds. The molecule has 1 aliphatic rings. The standard InChI is InChI=1S/C15H20BN3O/c1-14(2)11-16(20-15(14,3)4)12-6-7-13(17-10-12)19-9-5-8-18-19/h5-10H,11H2,1-4H3. The van der Waals surface area contributed by atoms with Crippen molar-refractivity contribution in [2.75, 3.05) is 0 Å². The summed E-state index contributed by atoms with van der Waals surface area (Å²) < 4.78 is 7.98. The van der Waals surface area contributed by atoms with E-state index in [4.69, 9.17) is 4.65 Å². The van der Waals surface area contributed by atoms with Gasteiger partial charge in [0.1, 0.15) is 0 Å². The first-order chi connectivity index (χ1) is 9.39. The first kappa shape index (κ1) is 13.4. The zero-order valence-corrected chi connectivity index (χ0v) is 12.5. The third kappa shape index (κ3) is 2.16. The minimum atomic E-state index is -0.113. The fourth-order valence-corrected chi connectivity index (χ4v) is 2.58. The van der Waals surface area contributed by atoms with Crippen LogP contribution in [0.3, 0.4) is 0 Å². The second kappa shape index (κ2) is 4.45. The molecule has 0 spiro atoms. The molecule has 2 aromatic heterocycles. The minimum absolute atomic E-state index is 0.113. The van der Waals surface area contributed by atoms with E-state index in [1.807, 2.05) is 24.5 Å². The Labute approximate surface area is 120 Å². The van der Waals surface area contributed by atoms with Gasteiger partial charge in [0.15, 0.2) is 5.82 Å². The van der Waals surface area contributed by atoms with Crippen molar-refractivity contribution >= 4 is 12.4 Å². The van der Waals surface area contributed by atoms with Gasteiger partial charge in [0.25, 0.3) is 0 Å². The predicted octanol–water partition coefficient (Wildman–Crippen LogP) is 2.30. The zero-order chi connectivity index (χ0) is 14.4. The molecule has 2 aromatic rings. The van der Waals surface area contributed by atoms with Crippen molar-refractivity contribution < 1.29 is 4.65 Å². The quantitative estimate of drug-likeness (QED) is 0.785. The van der Waals surface area contributed by atoms with Gasteiger partial charge < -0.3 is 4.65 Å². The summed E-state index contributed by atoms with van der Waals surface area (Å²) in [5.41, 5.74) is 1.19. The van der Waals surface area contributed by atoms with E-state index >= 15 is 0 Å². The van der Waals surface area contributed by atoms with Crippen LogP contribution in [0, 0.1) is 5.41 Å². The second-order valence-corrected chi connectivity index (χ2v) is 6.61. The van der Waals surface area contributed by atoms with Gasteiger partial charge >= 0.3 is 6.92 Å². The summed E-state index contributed by atoms with van der Waals surface area (Å²) in [5.74, 6) is 0.829. The van der Waals surface area contributed by atoms with Crippen molar-refractivity contribution in [2.24, 2.45) is 5.41 Å². The average Bonchev–Trinajstić information content (AvgIpc) is 2.97. The number of aromatic nitrogens is 3. The Balaban J connectivity index is 1.83. The van der Waals surface area contributed by atoms with Crippen LogP contribution < -0.4 is 5.46 Å². The molecular weight excluding hydrogens is 249 g/mol. The van der Waals surface area contributed by atoms with E-state index in [0.717, 1.165) is 17.6 Å². The number of rotatable bonds is 2. The molecule has 1 aliphatic heterocycles. The van der Waals surface area contributed by atoms with E-state index in [9.17, 15) is 0 Å². The highest BCUT2D eigenvalue weighted by Gasteiger charge is 2.49. The highest BCUT2D eigenvalue weighted by atomic mass is 16.5. The minimum Gasteiger partial charge on any atom is -0.425 e. The van der Waals surface area contributed by atoms with Gasteiger partial charge in [-0.05, 0) is 43.2 Å². The predicted molar refractivity (Wildman–Crippen MR) is 80.5 cm³/mol. The maximum absolute atomic E-state index is 6.22. The Kier molecular flexibility index (Phi) is 2.98. The zero-order valence-electron chi connectivity index (χ0n) is 12.5. The van der Waals surface area contributed by atoms with E-state index in [0.29, 0.717) is 0 Å². The van der Waals surface area contributed by atoms with Gasteiger partial charge in [-0.15, -0.1) is 0 Å². The Bertz CT molecular complexity index is 574. The topological polar surface area (TPSA) is 39.9 Å². The summed E-state index contributed by atoms with van der Waals surface area (Å²) >= 11 is 0. The molecule has 20 heavy (non-hydrogen) atoms. The van der Waals surface area contributed by atoms with Crippen LogP contribution in [-0.2, 0) is 4.65 Å². The molecule has 3 rings (SSSR count). The third-order valence-electron chi connectivity index (χ3n) is 4.64. The SMILES string of the molecule is CC1(C)CB(c2ccc(-n3cccn3)nc2)OC1(C)C. The van der Waals surface area contributed by atoms with Crippen LogP contribution in [0.15, 0.2) is 36.8 Å². The molecule has 0 radical (unpaired) electrons. The van der Waals surface area contributed by atoms with Crippen molar-refractivity contribution in [2.45, 2.75) is 39.6 Å². The summed E-state index contributed by atoms with van der Waals surface area (Å²) in [4.78, 5) is 4.48. The Morgan fingerprint density at radius 3 is 2.55 bits per heavy atom. The van der Waals surface area contributed by atoms with Crippen LogP contribution in [0.25, 0.3) is 5.82 Å². The summed E-state index contributed by atoms with van der Waals surface area (Å²) in [6, 6.07) is 5.97. The van der Waals surface area contributed by atoms with E-state index < -0.39 is 0 Å². The lowest BCUT2D eigenvalue weighted by Crippen LogP contribution is -2.36. The van der Waals surface area contributed by atoms with Crippen molar-refractivity contribution in [3.05, 3.63) is 36.8 Å². The largest absolute Gasteiger partial charge is 0.425 e. The smallest absolute Gasteiger partial charge is 0.329 e. The van der Waals surface area contributed by atoms with E-state index in [1.165, 1.54) is 0 Å². The molecular formula is C15H20BN3O. The van der Waals surface area contributed by atoms with Crippen molar-refractivity contribution in [1.82, 2.24) is 14.8 Å². The fourth-order valence-electron chi connectivity index (χ4n) is 2.58. The molecule has 0 aliphatic carbocycles. The first-order valence-electron chi connectivity index (χ1n) is 7.03. The fraction of sp³-hybridized carbons (Fsp3) is 0.467. The van der Waals surface area contributed by atoms with E-state index in [1.54, 1.807) is 10.9 Å². The van der Waals surface area contributed by atoms with E-state index in [-0.39, 0.29) is 17.9 Å². The number of hydrogen-bond acceptors (Lipinski definition) is 3. The van der Waals surface area contributed by atoms with Crippen LogP contribution >= 0.6 is 0 Å². The lowest BCUT2D eigenvalue weighted by atomic mass is 9.54. The number of nitrogens with zero attached hydrogens (tertiary/aromatic N) is 3. The first-order valence-corrected chi connectivity index (χ1v) is 7.03. The van der Waals surface area contributed by atoms with Crippen LogP contribution in [-0.4, -0.2) is 27.3 Å². The monoisotopic (exact) mass is 269 g/mol. The molecule has 0 N–H and O–H groups in total. The molecule has 0 atom stereocenters. The van der Waals surface area contributed by atoms with Crippen molar-refractivity contribution in [3.63, 3.8) is 0 Å². The molecule has 0 aromatic carbocycles. The normalized spacial score (nSPS) is 20.3. The Hall–Kier alpha value is -1.62. The van der Waals surface area contributed by atoms with Crippen molar-refractivity contribution in [1.29, 1.82) is 0 Å². The van der Waals surface area contributed by atoms with Gasteiger partial charge in [0, 0.05) is 18.6 Å². The van der Waals surface area contributed by atoms with Gasteiger partial charge in [-0.3, -0.25) is 0 Å². The molecule has 1 fully saturated rings. The molecule has 3 heterocycles. The molecule has 1 saturated heterocycles. The number of hydrogen-bond donors (Lipinski definition) is 0. The van der Waals surface area contributed by atoms with Gasteiger partial charge in [-0.2, -0.15) is 5.10 Å². The second-order valence-electron chi connectivity index (χ2n) is 6.61. The van der Waals surface area contributed by atoms with E-state index in [2.05, 4.69) is 43.8 Å². The Morgan fingerprint density at radius 2 is 2.05 bits per heavy atom. The number of pyridine rings is 1. The lowest BCUT2D eigenvalue weighted by Gasteiger charge is -2.34. The van der Waals surface area contributed by atoms with Crippen molar-refractivity contribution in [3.8, 4) is 5.82 Å². The molecule has 5 heteroatoms. The maximum Gasteiger partial charge on any atom is 0.329 e. The third-order valence-corrected chi connectivity index (χ3v) is 4.64. The molecule has 0 unspecified atom stereocenters. The van der Waals surface area contributed by atoms with Crippen LogP contribution in [0.5, 0.6) is 0 Å². The van der Waals surface area contributed by atoms with Crippen LogP contribution in [0.2, 0.25) is 6.32 Å². The molecule has 104 valence electrons. The van der Waals surface area contributed by atoms with Gasteiger partial charge in [0.05, 0.1) is 5.60 Å². The molecule has 4 nitrogen and oxygen atoms in total. The summed E-state index contributed by atoms with van der Waals surface area (Å²) in [5, 5.41) is 4.18. The maximum atomic E-state index is 6.22. The molecule has 0 saturated carbocycles. The van der Waals surface area contributed by atoms with Crippen LogP contribution in [0.4, 0.5) is 0 Å². The summed E-state index contributed by atoms with van der Waals surface area (Å²) in [7, 11) is 0. The van der Waals surface area contributed by atoms with Crippen LogP contribution in [0.1, 0.15) is 27.7 Å². The van der Waals surface area contributed by atoms with Gasteiger partial charge in [-0.25, -0.2) is 9.67 Å². The highest BCUT2D eigenvalue weighted by molar-refractivity contribution is 6.68. The molecule has 0 bridgehead atoms. The summed E-state index contributed by atoms with van der Waals surface area (Å²) in [6.07, 6.45) is 6.56. The highest BCUT2D eigenvalue weighted by Crippen LogP contribution is 2.44.